The Balaban J connectivity index is 1.81. The van der Waals surface area contributed by atoms with Gasteiger partial charge in [0.25, 0.3) is 0 Å². The van der Waals surface area contributed by atoms with Crippen molar-refractivity contribution in [3.05, 3.63) is 53.9 Å². The van der Waals surface area contributed by atoms with Gasteiger partial charge in [-0.25, -0.2) is 4.98 Å². The highest BCUT2D eigenvalue weighted by atomic mass is 19.4. The molecule has 6 nitrogen and oxygen atoms in total. The number of benzene rings is 2. The summed E-state index contributed by atoms with van der Waals surface area (Å²) >= 11 is 0. The number of carbonyl (C=O) groups excluding carboxylic acids is 1. The molecule has 0 aliphatic rings. The normalized spacial score (nSPS) is 12.6. The van der Waals surface area contributed by atoms with Crippen LogP contribution in [0.1, 0.15) is 38.2 Å². The third kappa shape index (κ3) is 5.10. The van der Waals surface area contributed by atoms with Crippen molar-refractivity contribution in [2.24, 2.45) is 0 Å². The summed E-state index contributed by atoms with van der Waals surface area (Å²) in [7, 11) is 0. The summed E-state index contributed by atoms with van der Waals surface area (Å²) in [6.45, 7) is 5.88. The maximum atomic E-state index is 13.4. The lowest BCUT2D eigenvalue weighted by atomic mass is 10.1. The zero-order chi connectivity index (χ0) is 22.6. The number of aromatic nitrogens is 2. The Kier molecular flexibility index (Phi) is 6.72. The number of alkyl halides is 3. The van der Waals surface area contributed by atoms with Crippen LogP contribution in [0.4, 0.5) is 13.2 Å². The molecule has 166 valence electrons. The molecule has 0 saturated carbocycles. The molecule has 1 amide bonds. The van der Waals surface area contributed by atoms with Crippen LogP contribution >= 0.6 is 0 Å². The van der Waals surface area contributed by atoms with Crippen LogP contribution < -0.4 is 14.8 Å². The van der Waals surface area contributed by atoms with Crippen LogP contribution in [0.3, 0.4) is 0 Å². The minimum atomic E-state index is -4.67. The summed E-state index contributed by atoms with van der Waals surface area (Å²) in [5.74, 6) is -0.529. The Morgan fingerprint density at radius 3 is 2.45 bits per heavy atom. The van der Waals surface area contributed by atoms with Crippen LogP contribution in [0.5, 0.6) is 11.5 Å². The summed E-state index contributed by atoms with van der Waals surface area (Å²) in [6, 6.07) is 11.0. The largest absolute Gasteiger partial charge is 0.490 e. The van der Waals surface area contributed by atoms with Gasteiger partial charge in [0.05, 0.1) is 30.3 Å². The van der Waals surface area contributed by atoms with Crippen LogP contribution in [0.2, 0.25) is 0 Å². The van der Waals surface area contributed by atoms with Crippen molar-refractivity contribution in [1.82, 2.24) is 14.9 Å². The highest BCUT2D eigenvalue weighted by Crippen LogP contribution is 2.32. The number of hydrogen-bond acceptors (Lipinski definition) is 4. The Morgan fingerprint density at radius 2 is 1.77 bits per heavy atom. The van der Waals surface area contributed by atoms with Crippen LogP contribution in [0, 0.1) is 0 Å². The topological polar surface area (TPSA) is 65.4 Å². The first-order valence-electron chi connectivity index (χ1n) is 9.96. The number of fused-ring (bicyclic) bond motifs is 1. The molecule has 31 heavy (non-hydrogen) atoms. The molecule has 1 unspecified atom stereocenters. The standard InChI is InChI=1S/C22H24F3N3O3/c1-4-30-18-11-10-15(12-19(18)31-5-2)14(3)26-20(29)13-28-17-9-7-6-8-16(17)27-21(28)22(23,24)25/h6-12,14H,4-5,13H2,1-3H3,(H,26,29). The molecule has 1 aromatic heterocycles. The number of nitrogens with zero attached hydrogens (tertiary/aromatic N) is 2. The Hall–Kier alpha value is -3.23. The first-order valence-corrected chi connectivity index (χ1v) is 9.96. The van der Waals surface area contributed by atoms with Crippen molar-refractivity contribution in [3.63, 3.8) is 0 Å². The van der Waals surface area contributed by atoms with E-state index in [1.165, 1.54) is 12.1 Å². The maximum Gasteiger partial charge on any atom is 0.449 e. The Bertz CT molecular complexity index is 1060. The fourth-order valence-electron chi connectivity index (χ4n) is 3.30. The second kappa shape index (κ2) is 9.28. The monoisotopic (exact) mass is 435 g/mol. The Labute approximate surface area is 178 Å². The van der Waals surface area contributed by atoms with Crippen molar-refractivity contribution in [2.75, 3.05) is 13.2 Å². The molecule has 3 aromatic rings. The van der Waals surface area contributed by atoms with Gasteiger partial charge in [0, 0.05) is 0 Å². The lowest BCUT2D eigenvalue weighted by Gasteiger charge is -2.18. The molecule has 1 heterocycles. The minimum absolute atomic E-state index is 0.184. The molecule has 0 bridgehead atoms. The highest BCUT2D eigenvalue weighted by molar-refractivity contribution is 5.81. The van der Waals surface area contributed by atoms with E-state index in [0.29, 0.717) is 24.7 Å². The SMILES string of the molecule is CCOc1ccc(C(C)NC(=O)Cn2c(C(F)(F)F)nc3ccccc32)cc1OCC. The van der Waals surface area contributed by atoms with E-state index in [9.17, 15) is 18.0 Å². The fraction of sp³-hybridized carbons (Fsp3) is 0.364. The number of para-hydroxylation sites is 2. The molecule has 1 N–H and O–H groups in total. The zero-order valence-electron chi connectivity index (χ0n) is 17.5. The second-order valence-corrected chi connectivity index (χ2v) is 6.87. The average Bonchev–Trinajstić information content (AvgIpc) is 3.08. The van der Waals surface area contributed by atoms with Gasteiger partial charge in [0.2, 0.25) is 11.7 Å². The first-order chi connectivity index (χ1) is 14.7. The summed E-state index contributed by atoms with van der Waals surface area (Å²) in [4.78, 5) is 16.3. The van der Waals surface area contributed by atoms with Gasteiger partial charge >= 0.3 is 6.18 Å². The van der Waals surface area contributed by atoms with Crippen molar-refractivity contribution >= 4 is 16.9 Å². The van der Waals surface area contributed by atoms with E-state index in [4.69, 9.17) is 9.47 Å². The van der Waals surface area contributed by atoms with E-state index >= 15 is 0 Å². The lowest BCUT2D eigenvalue weighted by Crippen LogP contribution is -2.31. The molecule has 9 heteroatoms. The Morgan fingerprint density at radius 1 is 1.10 bits per heavy atom. The van der Waals surface area contributed by atoms with E-state index in [0.717, 1.165) is 10.1 Å². The van der Waals surface area contributed by atoms with Gasteiger partial charge in [-0.3, -0.25) is 4.79 Å². The van der Waals surface area contributed by atoms with Crippen molar-refractivity contribution in [1.29, 1.82) is 0 Å². The molecule has 2 aromatic carbocycles. The van der Waals surface area contributed by atoms with Gasteiger partial charge in [-0.1, -0.05) is 18.2 Å². The van der Waals surface area contributed by atoms with Crippen LogP contribution in [0.25, 0.3) is 11.0 Å². The molecule has 0 aliphatic heterocycles. The van der Waals surface area contributed by atoms with Crippen molar-refractivity contribution < 1.29 is 27.4 Å². The van der Waals surface area contributed by atoms with Crippen molar-refractivity contribution in [3.8, 4) is 11.5 Å². The number of imidazole rings is 1. The zero-order valence-corrected chi connectivity index (χ0v) is 17.5. The van der Waals surface area contributed by atoms with Gasteiger partial charge in [0.15, 0.2) is 11.5 Å². The van der Waals surface area contributed by atoms with E-state index in [2.05, 4.69) is 10.3 Å². The number of rotatable bonds is 8. The first kappa shape index (κ1) is 22.5. The molecule has 0 radical (unpaired) electrons. The third-order valence-corrected chi connectivity index (χ3v) is 4.65. The maximum absolute atomic E-state index is 13.4. The van der Waals surface area contributed by atoms with Crippen LogP contribution in [-0.4, -0.2) is 28.7 Å². The minimum Gasteiger partial charge on any atom is -0.490 e. The van der Waals surface area contributed by atoms with E-state index in [1.54, 1.807) is 37.3 Å². The highest BCUT2D eigenvalue weighted by Gasteiger charge is 2.38. The molecule has 0 fully saturated rings. The number of nitrogens with one attached hydrogen (secondary N) is 1. The average molecular weight is 435 g/mol. The van der Waals surface area contributed by atoms with Gasteiger partial charge < -0.3 is 19.4 Å². The number of hydrogen-bond donors (Lipinski definition) is 1. The number of amides is 1. The molecule has 1 atom stereocenters. The molecular formula is C22H24F3N3O3. The van der Waals surface area contributed by atoms with Crippen LogP contribution in [-0.2, 0) is 17.5 Å². The van der Waals surface area contributed by atoms with Gasteiger partial charge in [-0.15, -0.1) is 0 Å². The van der Waals surface area contributed by atoms with Gasteiger partial charge in [-0.2, -0.15) is 13.2 Å². The molecule has 0 spiro atoms. The summed E-state index contributed by atoms with van der Waals surface area (Å²) in [5, 5.41) is 2.75. The number of halogens is 3. The summed E-state index contributed by atoms with van der Waals surface area (Å²) in [5.41, 5.74) is 1.17. The predicted octanol–water partition coefficient (Wildman–Crippen LogP) is 4.73. The van der Waals surface area contributed by atoms with E-state index in [1.807, 2.05) is 13.8 Å². The van der Waals surface area contributed by atoms with E-state index in [-0.39, 0.29) is 11.0 Å². The summed E-state index contributed by atoms with van der Waals surface area (Å²) < 4.78 is 52.3. The fourth-order valence-corrected chi connectivity index (χ4v) is 3.30. The molecule has 0 aliphatic carbocycles. The lowest BCUT2D eigenvalue weighted by molar-refractivity contribution is -0.147. The van der Waals surface area contributed by atoms with Crippen molar-refractivity contribution in [2.45, 2.75) is 39.5 Å². The second-order valence-electron chi connectivity index (χ2n) is 6.87. The van der Waals surface area contributed by atoms with Gasteiger partial charge in [0.1, 0.15) is 6.54 Å². The number of ether oxygens (including phenoxy) is 2. The molecule has 3 rings (SSSR count). The number of carbonyl (C=O) groups is 1. The molecule has 0 saturated heterocycles. The third-order valence-electron chi connectivity index (χ3n) is 4.65. The predicted molar refractivity (Wildman–Crippen MR) is 110 cm³/mol. The quantitative estimate of drug-likeness (QED) is 0.556. The smallest absolute Gasteiger partial charge is 0.449 e. The molecular weight excluding hydrogens is 411 g/mol. The summed E-state index contributed by atoms with van der Waals surface area (Å²) in [6.07, 6.45) is -4.67. The van der Waals surface area contributed by atoms with Crippen LogP contribution in [0.15, 0.2) is 42.5 Å². The van der Waals surface area contributed by atoms with E-state index < -0.39 is 30.5 Å². The van der Waals surface area contributed by atoms with Gasteiger partial charge in [-0.05, 0) is 50.6 Å².